The molecule has 278 valence electrons. The Morgan fingerprint density at radius 2 is 0.644 bits per heavy atom. The molecule has 0 aliphatic rings. The zero-order valence-corrected chi connectivity index (χ0v) is 32.4. The molecule has 10 aromatic rings. The SMILES string of the molecule is Clc1ccccc1-c1nc(-c2ccccc2)nc(-c2ccc(-c3cc(-c4nc(-c5ccccc5)nc(-c5ccccc5)n4)cc(-c4cccc5ccccc45)c3)cc2)n1. The van der Waals surface area contributed by atoms with E-state index in [0.717, 1.165) is 61.0 Å². The summed E-state index contributed by atoms with van der Waals surface area (Å²) in [6.07, 6.45) is 0. The van der Waals surface area contributed by atoms with Gasteiger partial charge in [-0.05, 0) is 63.4 Å². The lowest BCUT2D eigenvalue weighted by Gasteiger charge is -2.14. The minimum atomic E-state index is 0.512. The Morgan fingerprint density at radius 3 is 1.22 bits per heavy atom. The monoisotopic (exact) mass is 776 g/mol. The second kappa shape index (κ2) is 15.7. The van der Waals surface area contributed by atoms with Crippen LogP contribution < -0.4 is 0 Å². The predicted molar refractivity (Wildman–Crippen MR) is 239 cm³/mol. The molecule has 0 saturated carbocycles. The van der Waals surface area contributed by atoms with Gasteiger partial charge in [0.1, 0.15) is 0 Å². The van der Waals surface area contributed by atoms with Crippen LogP contribution in [0.15, 0.2) is 200 Å². The third-order valence-corrected chi connectivity index (χ3v) is 10.6. The number of aromatic nitrogens is 6. The first-order valence-electron chi connectivity index (χ1n) is 19.3. The van der Waals surface area contributed by atoms with Gasteiger partial charge < -0.3 is 0 Å². The van der Waals surface area contributed by atoms with Crippen LogP contribution in [0, 0.1) is 0 Å². The van der Waals surface area contributed by atoms with Gasteiger partial charge in [-0.3, -0.25) is 0 Å². The van der Waals surface area contributed by atoms with Crippen molar-refractivity contribution in [2.75, 3.05) is 0 Å². The van der Waals surface area contributed by atoms with Crippen molar-refractivity contribution in [2.24, 2.45) is 0 Å². The second-order valence-electron chi connectivity index (χ2n) is 14.1. The molecule has 8 aromatic carbocycles. The lowest BCUT2D eigenvalue weighted by Crippen LogP contribution is -2.01. The summed E-state index contributed by atoms with van der Waals surface area (Å²) < 4.78 is 0. The number of rotatable bonds is 8. The summed E-state index contributed by atoms with van der Waals surface area (Å²) in [5, 5.41) is 2.91. The molecule has 0 N–H and O–H groups in total. The second-order valence-corrected chi connectivity index (χ2v) is 14.5. The van der Waals surface area contributed by atoms with Gasteiger partial charge in [-0.2, -0.15) is 0 Å². The topological polar surface area (TPSA) is 77.3 Å². The molecule has 2 heterocycles. The number of hydrogen-bond donors (Lipinski definition) is 0. The zero-order chi connectivity index (χ0) is 39.5. The highest BCUT2D eigenvalue weighted by Gasteiger charge is 2.17. The van der Waals surface area contributed by atoms with E-state index in [1.807, 2.05) is 115 Å². The van der Waals surface area contributed by atoms with Gasteiger partial charge in [-0.1, -0.05) is 181 Å². The van der Waals surface area contributed by atoms with E-state index >= 15 is 0 Å². The van der Waals surface area contributed by atoms with E-state index in [9.17, 15) is 0 Å². The average molecular weight is 777 g/mol. The molecular formula is C52H33ClN6. The molecule has 0 bridgehead atoms. The van der Waals surface area contributed by atoms with Crippen LogP contribution in [0.4, 0.5) is 0 Å². The quantitative estimate of drug-likeness (QED) is 0.153. The molecule has 2 aromatic heterocycles. The van der Waals surface area contributed by atoms with E-state index in [1.165, 1.54) is 5.39 Å². The van der Waals surface area contributed by atoms with E-state index < -0.39 is 0 Å². The van der Waals surface area contributed by atoms with Crippen molar-refractivity contribution in [2.45, 2.75) is 0 Å². The third-order valence-electron chi connectivity index (χ3n) is 10.2. The fourth-order valence-corrected chi connectivity index (χ4v) is 7.51. The van der Waals surface area contributed by atoms with Crippen LogP contribution in [0.3, 0.4) is 0 Å². The van der Waals surface area contributed by atoms with Crippen molar-refractivity contribution in [1.82, 2.24) is 29.9 Å². The molecule has 0 atom stereocenters. The molecule has 0 aliphatic heterocycles. The van der Waals surface area contributed by atoms with Gasteiger partial charge in [0, 0.05) is 33.4 Å². The van der Waals surface area contributed by atoms with Crippen molar-refractivity contribution >= 4 is 22.4 Å². The highest BCUT2D eigenvalue weighted by atomic mass is 35.5. The number of nitrogens with zero attached hydrogens (tertiary/aromatic N) is 6. The van der Waals surface area contributed by atoms with Gasteiger partial charge in [0.15, 0.2) is 34.9 Å². The molecule has 59 heavy (non-hydrogen) atoms. The first-order valence-corrected chi connectivity index (χ1v) is 19.7. The standard InChI is InChI=1S/C52H33ClN6/c53-46-26-13-12-24-45(46)52-58-49(38-20-8-3-9-21-38)55-50(59-52)39-29-27-34(28-30-39)40-31-41(44-25-14-22-35-15-10-11-23-43(35)44)33-42(32-40)51-56-47(36-16-4-1-5-17-36)54-48(57-51)37-18-6-2-7-19-37/h1-33H. The Bertz CT molecular complexity index is 3040. The average Bonchev–Trinajstić information content (AvgIpc) is 3.32. The van der Waals surface area contributed by atoms with Crippen molar-refractivity contribution in [1.29, 1.82) is 0 Å². The largest absolute Gasteiger partial charge is 0.208 e. The molecule has 0 aliphatic carbocycles. The van der Waals surface area contributed by atoms with Gasteiger partial charge in [-0.15, -0.1) is 0 Å². The summed E-state index contributed by atoms with van der Waals surface area (Å²) >= 11 is 6.66. The van der Waals surface area contributed by atoms with Crippen LogP contribution in [-0.4, -0.2) is 29.9 Å². The fraction of sp³-hybridized carbons (Fsp3) is 0. The third kappa shape index (κ3) is 7.37. The van der Waals surface area contributed by atoms with Crippen LogP contribution in [0.25, 0.3) is 101 Å². The minimum Gasteiger partial charge on any atom is -0.208 e. The zero-order valence-electron chi connectivity index (χ0n) is 31.6. The van der Waals surface area contributed by atoms with E-state index in [2.05, 4.69) is 84.9 Å². The molecule has 7 heteroatoms. The molecule has 0 spiro atoms. The normalized spacial score (nSPS) is 11.1. The first-order chi connectivity index (χ1) is 29.1. The van der Waals surface area contributed by atoms with Crippen LogP contribution in [0.2, 0.25) is 5.02 Å². The number of benzene rings is 8. The van der Waals surface area contributed by atoms with Crippen molar-refractivity contribution < 1.29 is 0 Å². The Kier molecular flexibility index (Phi) is 9.50. The summed E-state index contributed by atoms with van der Waals surface area (Å²) in [5.74, 6) is 3.45. The number of hydrogen-bond acceptors (Lipinski definition) is 6. The maximum absolute atomic E-state index is 6.66. The molecule has 0 amide bonds. The van der Waals surface area contributed by atoms with Crippen molar-refractivity contribution in [3.05, 3.63) is 205 Å². The maximum Gasteiger partial charge on any atom is 0.165 e. The van der Waals surface area contributed by atoms with Crippen LogP contribution in [-0.2, 0) is 0 Å². The summed E-state index contributed by atoms with van der Waals surface area (Å²) in [6.45, 7) is 0. The summed E-state index contributed by atoms with van der Waals surface area (Å²) in [6, 6.07) is 67.5. The van der Waals surface area contributed by atoms with Gasteiger partial charge in [0.2, 0.25) is 0 Å². The van der Waals surface area contributed by atoms with Gasteiger partial charge in [0.05, 0.1) is 5.02 Å². The highest BCUT2D eigenvalue weighted by molar-refractivity contribution is 6.33. The summed E-state index contributed by atoms with van der Waals surface area (Å²) in [7, 11) is 0. The first kappa shape index (κ1) is 35.7. The molecular weight excluding hydrogens is 744 g/mol. The Morgan fingerprint density at radius 1 is 0.254 bits per heavy atom. The predicted octanol–water partition coefficient (Wildman–Crippen LogP) is 13.2. The van der Waals surface area contributed by atoms with Crippen molar-refractivity contribution in [3.63, 3.8) is 0 Å². The van der Waals surface area contributed by atoms with Crippen LogP contribution >= 0.6 is 11.6 Å². The van der Waals surface area contributed by atoms with E-state index in [-0.39, 0.29) is 0 Å². The number of fused-ring (bicyclic) bond motifs is 1. The van der Waals surface area contributed by atoms with Gasteiger partial charge >= 0.3 is 0 Å². The summed E-state index contributed by atoms with van der Waals surface area (Å²) in [5.41, 5.74) is 9.40. The molecule has 0 radical (unpaired) electrons. The van der Waals surface area contributed by atoms with Crippen LogP contribution in [0.5, 0.6) is 0 Å². The Labute approximate surface area is 346 Å². The lowest BCUT2D eigenvalue weighted by atomic mass is 9.92. The van der Waals surface area contributed by atoms with Crippen LogP contribution in [0.1, 0.15) is 0 Å². The van der Waals surface area contributed by atoms with E-state index in [1.54, 1.807) is 0 Å². The molecule has 10 rings (SSSR count). The minimum absolute atomic E-state index is 0.512. The maximum atomic E-state index is 6.66. The lowest BCUT2D eigenvalue weighted by molar-refractivity contribution is 1.07. The Hall–Kier alpha value is -7.67. The highest BCUT2D eigenvalue weighted by Crippen LogP contribution is 2.37. The molecule has 6 nitrogen and oxygen atoms in total. The smallest absolute Gasteiger partial charge is 0.165 e. The van der Waals surface area contributed by atoms with Gasteiger partial charge in [-0.25, -0.2) is 29.9 Å². The van der Waals surface area contributed by atoms with E-state index in [4.69, 9.17) is 41.5 Å². The molecule has 0 unspecified atom stereocenters. The van der Waals surface area contributed by atoms with Gasteiger partial charge in [0.25, 0.3) is 0 Å². The van der Waals surface area contributed by atoms with E-state index in [0.29, 0.717) is 40.0 Å². The molecule has 0 fully saturated rings. The fourth-order valence-electron chi connectivity index (χ4n) is 7.29. The number of halogens is 1. The summed E-state index contributed by atoms with van der Waals surface area (Å²) in [4.78, 5) is 29.9. The van der Waals surface area contributed by atoms with Crippen molar-refractivity contribution in [3.8, 4) is 90.6 Å². The Balaban J connectivity index is 1.13. The molecule has 0 saturated heterocycles.